The molecule has 0 aliphatic heterocycles. The molecule has 1 aromatic heterocycles. The van der Waals surface area contributed by atoms with Gasteiger partial charge < -0.3 is 4.57 Å². The molecule has 0 amide bonds. The summed E-state index contributed by atoms with van der Waals surface area (Å²) in [6.07, 6.45) is 0. The Morgan fingerprint density at radius 2 is 0.926 bits per heavy atom. The zero-order valence-electron chi connectivity index (χ0n) is 29.3. The third-order valence-electron chi connectivity index (χ3n) is 11.2. The summed E-state index contributed by atoms with van der Waals surface area (Å²) in [5.74, 6) is 0. The zero-order chi connectivity index (χ0) is 35.8. The van der Waals surface area contributed by atoms with Crippen molar-refractivity contribution < 1.29 is 4.57 Å². The van der Waals surface area contributed by atoms with Gasteiger partial charge in [-0.05, 0) is 84.2 Å². The van der Waals surface area contributed by atoms with Crippen LogP contribution in [0.4, 0.5) is 0 Å². The Hall–Kier alpha value is -6.60. The lowest BCUT2D eigenvalue weighted by Crippen LogP contribution is -2.25. The van der Waals surface area contributed by atoms with Crippen molar-refractivity contribution in [1.82, 2.24) is 4.98 Å². The summed E-state index contributed by atoms with van der Waals surface area (Å²) < 4.78 is 15.3. The first-order chi connectivity index (χ1) is 26.6. The van der Waals surface area contributed by atoms with Crippen LogP contribution in [0.2, 0.25) is 0 Å². The van der Waals surface area contributed by atoms with E-state index in [1.807, 2.05) is 66.7 Å². The van der Waals surface area contributed by atoms with Gasteiger partial charge in [-0.1, -0.05) is 170 Å². The van der Waals surface area contributed by atoms with Crippen LogP contribution in [0.1, 0.15) is 0 Å². The van der Waals surface area contributed by atoms with Crippen molar-refractivity contribution in [2.24, 2.45) is 0 Å². The monoisotopic (exact) mass is 705 g/mol. The van der Waals surface area contributed by atoms with Gasteiger partial charge in [0, 0.05) is 32.1 Å². The molecule has 252 valence electrons. The van der Waals surface area contributed by atoms with Crippen molar-refractivity contribution in [3.05, 3.63) is 194 Å². The molecular formula is C51H32NOP. The molecule has 0 N–H and O–H groups in total. The van der Waals surface area contributed by atoms with Crippen molar-refractivity contribution in [1.29, 1.82) is 0 Å². The molecule has 11 aromatic rings. The molecule has 0 unspecified atom stereocenters. The van der Waals surface area contributed by atoms with Crippen molar-refractivity contribution in [3.63, 3.8) is 0 Å². The molecule has 2 nitrogen and oxygen atoms in total. The van der Waals surface area contributed by atoms with E-state index in [4.69, 9.17) is 4.98 Å². The summed E-state index contributed by atoms with van der Waals surface area (Å²) in [5, 5.41) is 14.5. The van der Waals surface area contributed by atoms with Crippen molar-refractivity contribution in [2.45, 2.75) is 0 Å². The summed E-state index contributed by atoms with van der Waals surface area (Å²) in [6, 6.07) is 68.0. The smallest absolute Gasteiger partial charge is 0.171 e. The van der Waals surface area contributed by atoms with E-state index in [-0.39, 0.29) is 0 Å². The second kappa shape index (κ2) is 12.0. The molecule has 0 radical (unpaired) electrons. The van der Waals surface area contributed by atoms with Gasteiger partial charge in [-0.25, -0.2) is 4.98 Å². The van der Waals surface area contributed by atoms with Crippen LogP contribution in [0.25, 0.3) is 87.1 Å². The Labute approximate surface area is 312 Å². The van der Waals surface area contributed by atoms with E-state index in [0.29, 0.717) is 0 Å². The van der Waals surface area contributed by atoms with Crippen LogP contribution in [0.3, 0.4) is 0 Å². The lowest BCUT2D eigenvalue weighted by atomic mass is 9.86. The molecule has 3 heteroatoms. The van der Waals surface area contributed by atoms with E-state index < -0.39 is 7.14 Å². The number of para-hydroxylation sites is 1. The third kappa shape index (κ3) is 4.61. The van der Waals surface area contributed by atoms with Gasteiger partial charge >= 0.3 is 0 Å². The molecule has 0 saturated heterocycles. The van der Waals surface area contributed by atoms with Crippen LogP contribution < -0.4 is 15.9 Å². The zero-order valence-corrected chi connectivity index (χ0v) is 30.2. The standard InChI is InChI=1S/C51H32NOP/c53-54(38-14-3-1-4-15-38,39-16-5-2-6-17-39)40-18-11-13-35(31-40)41-26-22-33-25-29-45-43(27-23-34-24-28-44(41)49(33)50(34)45)47-32-37-30-36-12-7-10-21-48(36)52-51(37)46-20-9-8-19-42(46)47/h1-32H. The third-order valence-corrected chi connectivity index (χ3v) is 14.3. The predicted octanol–water partition coefficient (Wildman–Crippen LogP) is 12.4. The first-order valence-corrected chi connectivity index (χ1v) is 20.1. The molecule has 0 aliphatic carbocycles. The summed E-state index contributed by atoms with van der Waals surface area (Å²) in [6.45, 7) is 0. The molecule has 0 fully saturated rings. The maximum absolute atomic E-state index is 15.3. The van der Waals surface area contributed by atoms with E-state index in [9.17, 15) is 0 Å². The van der Waals surface area contributed by atoms with Gasteiger partial charge in [0.05, 0.1) is 11.0 Å². The van der Waals surface area contributed by atoms with E-state index in [1.54, 1.807) is 0 Å². The van der Waals surface area contributed by atoms with Crippen LogP contribution in [0.5, 0.6) is 0 Å². The normalized spacial score (nSPS) is 12.1. The summed E-state index contributed by atoms with van der Waals surface area (Å²) in [5.41, 5.74) is 6.64. The first kappa shape index (κ1) is 31.0. The van der Waals surface area contributed by atoms with Crippen LogP contribution in [0.15, 0.2) is 194 Å². The van der Waals surface area contributed by atoms with Crippen LogP contribution >= 0.6 is 7.14 Å². The molecular weight excluding hydrogens is 674 g/mol. The molecule has 1 heterocycles. The van der Waals surface area contributed by atoms with Crippen LogP contribution in [-0.4, -0.2) is 4.98 Å². The summed E-state index contributed by atoms with van der Waals surface area (Å²) in [7, 11) is -3.14. The number of benzene rings is 10. The van der Waals surface area contributed by atoms with Crippen molar-refractivity contribution >= 4 is 88.0 Å². The minimum atomic E-state index is -3.14. The van der Waals surface area contributed by atoms with Gasteiger partial charge in [0.15, 0.2) is 7.14 Å². The Kier molecular flexibility index (Phi) is 6.86. The highest BCUT2D eigenvalue weighted by Gasteiger charge is 2.30. The van der Waals surface area contributed by atoms with Gasteiger partial charge in [0.1, 0.15) is 0 Å². The van der Waals surface area contributed by atoms with Gasteiger partial charge in [0.2, 0.25) is 0 Å². The minimum absolute atomic E-state index is 0.829. The fourth-order valence-corrected chi connectivity index (χ4v) is 11.4. The van der Waals surface area contributed by atoms with Gasteiger partial charge in [-0.3, -0.25) is 0 Å². The fourth-order valence-electron chi connectivity index (χ4n) is 8.72. The number of nitrogens with zero attached hydrogens (tertiary/aromatic N) is 1. The number of hydrogen-bond acceptors (Lipinski definition) is 2. The topological polar surface area (TPSA) is 30.0 Å². The SMILES string of the molecule is O=P(c1ccccc1)(c1ccccc1)c1cccc(-c2ccc3ccc4c(-c5cc6cc7ccccc7nc6c6ccccc56)ccc5ccc2c3c54)c1. The predicted molar refractivity (Wildman–Crippen MR) is 231 cm³/mol. The number of pyridine rings is 1. The molecule has 0 aliphatic rings. The Morgan fingerprint density at radius 3 is 1.65 bits per heavy atom. The van der Waals surface area contributed by atoms with E-state index in [1.165, 1.54) is 48.8 Å². The Balaban J connectivity index is 1.14. The van der Waals surface area contributed by atoms with E-state index in [0.717, 1.165) is 54.2 Å². The van der Waals surface area contributed by atoms with Gasteiger partial charge in [0.25, 0.3) is 0 Å². The fraction of sp³-hybridized carbons (Fsp3) is 0. The average Bonchev–Trinajstić information content (AvgIpc) is 3.25. The van der Waals surface area contributed by atoms with Crippen LogP contribution in [-0.2, 0) is 4.57 Å². The minimum Gasteiger partial charge on any atom is -0.309 e. The number of aromatic nitrogens is 1. The second-order valence-electron chi connectivity index (χ2n) is 14.2. The maximum Gasteiger partial charge on any atom is 0.171 e. The number of hydrogen-bond donors (Lipinski definition) is 0. The second-order valence-corrected chi connectivity index (χ2v) is 17.0. The molecule has 0 spiro atoms. The Morgan fingerprint density at radius 1 is 0.352 bits per heavy atom. The number of rotatable bonds is 5. The summed E-state index contributed by atoms with van der Waals surface area (Å²) >= 11 is 0. The molecule has 0 saturated carbocycles. The van der Waals surface area contributed by atoms with E-state index in [2.05, 4.69) is 127 Å². The molecule has 0 bridgehead atoms. The van der Waals surface area contributed by atoms with Gasteiger partial charge in [-0.15, -0.1) is 0 Å². The molecule has 0 atom stereocenters. The largest absolute Gasteiger partial charge is 0.309 e. The highest BCUT2D eigenvalue weighted by atomic mass is 31.2. The highest BCUT2D eigenvalue weighted by Crippen LogP contribution is 2.46. The quantitative estimate of drug-likeness (QED) is 0.101. The molecule has 11 rings (SSSR count). The van der Waals surface area contributed by atoms with Crippen molar-refractivity contribution in [2.75, 3.05) is 0 Å². The Bertz CT molecular complexity index is 3250. The lowest BCUT2D eigenvalue weighted by molar-refractivity contribution is 0.592. The van der Waals surface area contributed by atoms with Gasteiger partial charge in [-0.2, -0.15) is 0 Å². The maximum atomic E-state index is 15.3. The molecule has 10 aromatic carbocycles. The highest BCUT2D eigenvalue weighted by molar-refractivity contribution is 7.85. The average molecular weight is 706 g/mol. The molecule has 54 heavy (non-hydrogen) atoms. The lowest BCUT2D eigenvalue weighted by Gasteiger charge is -2.21. The number of fused-ring (bicyclic) bond motifs is 4. The summed E-state index contributed by atoms with van der Waals surface area (Å²) in [4.78, 5) is 5.15. The first-order valence-electron chi connectivity index (χ1n) is 18.4. The van der Waals surface area contributed by atoms with E-state index >= 15 is 4.57 Å². The van der Waals surface area contributed by atoms with Crippen LogP contribution in [0, 0.1) is 0 Å². The van der Waals surface area contributed by atoms with Crippen molar-refractivity contribution in [3.8, 4) is 22.3 Å².